The van der Waals surface area contributed by atoms with Gasteiger partial charge in [0.1, 0.15) is 16.7 Å². The van der Waals surface area contributed by atoms with Gasteiger partial charge in [-0.3, -0.25) is 14.5 Å². The summed E-state index contributed by atoms with van der Waals surface area (Å²) in [4.78, 5) is 26.4. The molecule has 0 aromatic heterocycles. The van der Waals surface area contributed by atoms with E-state index in [0.29, 0.717) is 17.1 Å². The van der Waals surface area contributed by atoms with E-state index < -0.39 is 11.2 Å². The van der Waals surface area contributed by atoms with Crippen LogP contribution in [0.25, 0.3) is 0 Å². The largest absolute Gasteiger partial charge is 0.365 e. The van der Waals surface area contributed by atoms with E-state index in [1.165, 1.54) is 16.7 Å². The Hall–Kier alpha value is -3.04. The monoisotopic (exact) mass is 377 g/mol. The Balaban J connectivity index is 2.05. The average molecular weight is 377 g/mol. The number of anilines is 1. The number of amides is 2. The second-order valence-electron chi connectivity index (χ2n) is 6.40. The van der Waals surface area contributed by atoms with Crippen molar-refractivity contribution in [2.75, 3.05) is 4.90 Å². The molecule has 1 saturated heterocycles. The van der Waals surface area contributed by atoms with E-state index >= 15 is 0 Å². The highest BCUT2D eigenvalue weighted by atomic mass is 32.2. The average Bonchev–Trinajstić information content (AvgIpc) is 2.94. The van der Waals surface area contributed by atoms with Crippen LogP contribution in [0, 0.1) is 25.2 Å². The van der Waals surface area contributed by atoms with E-state index in [4.69, 9.17) is 5.73 Å². The summed E-state index contributed by atoms with van der Waals surface area (Å²) in [7, 11) is 0. The van der Waals surface area contributed by atoms with Gasteiger partial charge in [-0.05, 0) is 43.5 Å². The number of rotatable bonds is 4. The minimum Gasteiger partial charge on any atom is -0.365 e. The molecule has 2 amide bonds. The van der Waals surface area contributed by atoms with Gasteiger partial charge in [0.2, 0.25) is 5.91 Å². The molecular weight excluding hydrogens is 358 g/mol. The quantitative estimate of drug-likeness (QED) is 0.655. The number of hydrogen-bond acceptors (Lipinski definition) is 4. The van der Waals surface area contributed by atoms with E-state index in [1.807, 2.05) is 56.3 Å². The first-order valence-corrected chi connectivity index (χ1v) is 9.36. The van der Waals surface area contributed by atoms with Crippen LogP contribution in [0.2, 0.25) is 0 Å². The van der Waals surface area contributed by atoms with Crippen LogP contribution in [-0.2, 0) is 16.0 Å². The number of hydrogen-bond donors (Lipinski definition) is 1. The summed E-state index contributed by atoms with van der Waals surface area (Å²) in [6.45, 7) is 3.95. The molecule has 0 unspecified atom stereocenters. The lowest BCUT2D eigenvalue weighted by Crippen LogP contribution is -2.31. The zero-order chi connectivity index (χ0) is 19.6. The lowest BCUT2D eigenvalue weighted by molar-refractivity contribution is -0.117. The Bertz CT molecular complexity index is 974. The molecule has 1 aliphatic rings. The third kappa shape index (κ3) is 3.74. The standard InChI is InChI=1S/C21H19N3O2S/c1-13-7-9-16(10-8-13)24-20(26)18(11-15-6-4-3-5-14(15)2)27-21(24)17(12-22)19(23)25/h3-10,18H,11H2,1-2H3,(H2,23,25)/b21-17-/t18-/m0/s1. The second-order valence-corrected chi connectivity index (χ2v) is 7.59. The highest BCUT2D eigenvalue weighted by molar-refractivity contribution is 8.05. The Labute approximate surface area is 162 Å². The number of thioether (sulfide) groups is 1. The summed E-state index contributed by atoms with van der Waals surface area (Å²) in [5, 5.41) is 9.29. The fourth-order valence-electron chi connectivity index (χ4n) is 2.97. The first-order chi connectivity index (χ1) is 12.9. The molecule has 2 N–H and O–H groups in total. The summed E-state index contributed by atoms with van der Waals surface area (Å²) in [5.41, 5.74) is 9.03. The lowest BCUT2D eigenvalue weighted by atomic mass is 10.0. The normalized spacial score (nSPS) is 18.3. The number of nitriles is 1. The lowest BCUT2D eigenvalue weighted by Gasteiger charge is -2.18. The van der Waals surface area contributed by atoms with Crippen molar-refractivity contribution >= 4 is 29.3 Å². The van der Waals surface area contributed by atoms with E-state index in [9.17, 15) is 14.9 Å². The zero-order valence-corrected chi connectivity index (χ0v) is 15.9. The van der Waals surface area contributed by atoms with Crippen LogP contribution in [0.1, 0.15) is 16.7 Å². The van der Waals surface area contributed by atoms with Crippen LogP contribution in [0.15, 0.2) is 59.1 Å². The van der Waals surface area contributed by atoms with Crippen molar-refractivity contribution in [2.45, 2.75) is 25.5 Å². The van der Waals surface area contributed by atoms with Gasteiger partial charge in [0, 0.05) is 5.69 Å². The van der Waals surface area contributed by atoms with Gasteiger partial charge in [-0.1, -0.05) is 53.7 Å². The number of nitrogens with two attached hydrogens (primary N) is 1. The van der Waals surface area contributed by atoms with Crippen LogP contribution >= 0.6 is 11.8 Å². The van der Waals surface area contributed by atoms with Gasteiger partial charge in [0.25, 0.3) is 5.91 Å². The number of carbonyl (C=O) groups excluding carboxylic acids is 2. The highest BCUT2D eigenvalue weighted by Crippen LogP contribution is 2.42. The highest BCUT2D eigenvalue weighted by Gasteiger charge is 2.40. The molecule has 5 nitrogen and oxygen atoms in total. The Morgan fingerprint density at radius 2 is 1.85 bits per heavy atom. The molecule has 0 saturated carbocycles. The van der Waals surface area contributed by atoms with Crippen LogP contribution in [0.4, 0.5) is 5.69 Å². The Morgan fingerprint density at radius 1 is 1.19 bits per heavy atom. The fourth-order valence-corrected chi connectivity index (χ4v) is 4.27. The molecule has 1 atom stereocenters. The van der Waals surface area contributed by atoms with E-state index in [0.717, 1.165) is 16.7 Å². The maximum Gasteiger partial charge on any atom is 0.262 e. The van der Waals surface area contributed by atoms with Gasteiger partial charge < -0.3 is 5.73 Å². The summed E-state index contributed by atoms with van der Waals surface area (Å²) in [6.07, 6.45) is 0.513. The number of aryl methyl sites for hydroxylation is 2. The van der Waals surface area contributed by atoms with Crippen molar-refractivity contribution in [2.24, 2.45) is 5.73 Å². The summed E-state index contributed by atoms with van der Waals surface area (Å²) in [6, 6.07) is 17.1. The number of primary amides is 1. The molecule has 0 radical (unpaired) electrons. The van der Waals surface area contributed by atoms with Crippen molar-refractivity contribution in [3.8, 4) is 6.07 Å². The van der Waals surface area contributed by atoms with Gasteiger partial charge in [-0.25, -0.2) is 0 Å². The van der Waals surface area contributed by atoms with Gasteiger partial charge in [0.15, 0.2) is 0 Å². The minimum absolute atomic E-state index is 0.156. The third-order valence-corrected chi connectivity index (χ3v) is 5.75. The van der Waals surface area contributed by atoms with E-state index in [-0.39, 0.29) is 11.5 Å². The summed E-state index contributed by atoms with van der Waals surface area (Å²) in [5.74, 6) is -0.988. The Morgan fingerprint density at radius 3 is 2.44 bits per heavy atom. The van der Waals surface area contributed by atoms with Crippen molar-refractivity contribution < 1.29 is 9.59 Å². The SMILES string of the molecule is Cc1ccc(N2C(=O)[C@H](Cc3ccccc3C)S/C2=C(/C#N)C(N)=O)cc1. The molecule has 136 valence electrons. The van der Waals surface area contributed by atoms with Crippen molar-refractivity contribution in [1.29, 1.82) is 5.26 Å². The zero-order valence-electron chi connectivity index (χ0n) is 15.1. The first kappa shape index (κ1) is 18.7. The van der Waals surface area contributed by atoms with Crippen molar-refractivity contribution in [3.63, 3.8) is 0 Å². The van der Waals surface area contributed by atoms with Crippen LogP contribution < -0.4 is 10.6 Å². The number of carbonyl (C=O) groups is 2. The van der Waals surface area contributed by atoms with Crippen LogP contribution in [0.3, 0.4) is 0 Å². The number of benzene rings is 2. The fraction of sp³-hybridized carbons (Fsp3) is 0.190. The minimum atomic E-state index is -0.832. The molecule has 27 heavy (non-hydrogen) atoms. The van der Waals surface area contributed by atoms with Gasteiger partial charge in [0.05, 0.1) is 5.25 Å². The molecule has 3 rings (SSSR count). The molecule has 1 heterocycles. The summed E-state index contributed by atoms with van der Waals surface area (Å²) >= 11 is 1.22. The van der Waals surface area contributed by atoms with Crippen LogP contribution in [0.5, 0.6) is 0 Å². The predicted molar refractivity (Wildman–Crippen MR) is 107 cm³/mol. The Kier molecular flexibility index (Phi) is 5.33. The van der Waals surface area contributed by atoms with Gasteiger partial charge in [-0.15, -0.1) is 0 Å². The molecule has 0 spiro atoms. The van der Waals surface area contributed by atoms with Crippen LogP contribution in [-0.4, -0.2) is 17.1 Å². The third-order valence-electron chi connectivity index (χ3n) is 4.48. The van der Waals surface area contributed by atoms with Gasteiger partial charge >= 0.3 is 0 Å². The molecule has 6 heteroatoms. The molecule has 2 aromatic carbocycles. The van der Waals surface area contributed by atoms with E-state index in [1.54, 1.807) is 12.1 Å². The maximum absolute atomic E-state index is 13.2. The molecule has 1 aliphatic heterocycles. The van der Waals surface area contributed by atoms with Crippen molar-refractivity contribution in [1.82, 2.24) is 0 Å². The molecule has 0 bridgehead atoms. The van der Waals surface area contributed by atoms with Crippen molar-refractivity contribution in [3.05, 3.63) is 75.8 Å². The topological polar surface area (TPSA) is 87.2 Å². The molecule has 2 aromatic rings. The smallest absolute Gasteiger partial charge is 0.262 e. The molecule has 0 aliphatic carbocycles. The number of nitrogens with zero attached hydrogens (tertiary/aromatic N) is 2. The molecular formula is C21H19N3O2S. The van der Waals surface area contributed by atoms with Gasteiger partial charge in [-0.2, -0.15) is 5.26 Å². The first-order valence-electron chi connectivity index (χ1n) is 8.48. The second kappa shape index (κ2) is 7.68. The summed E-state index contributed by atoms with van der Waals surface area (Å²) < 4.78 is 0. The molecule has 1 fully saturated rings. The van der Waals surface area contributed by atoms with E-state index in [2.05, 4.69) is 0 Å². The predicted octanol–water partition coefficient (Wildman–Crippen LogP) is 3.22. The maximum atomic E-state index is 13.2.